The molecule has 2 aliphatic rings. The van der Waals surface area contributed by atoms with Gasteiger partial charge in [0.05, 0.1) is 0 Å². The van der Waals surface area contributed by atoms with Gasteiger partial charge in [0.1, 0.15) is 12.1 Å². The van der Waals surface area contributed by atoms with Gasteiger partial charge >= 0.3 is 0 Å². The van der Waals surface area contributed by atoms with Gasteiger partial charge in [-0.25, -0.2) is 0 Å². The second-order valence-corrected chi connectivity index (χ2v) is 7.14. The number of rotatable bonds is 6. The summed E-state index contributed by atoms with van der Waals surface area (Å²) in [6.45, 7) is 8.95. The van der Waals surface area contributed by atoms with Crippen molar-refractivity contribution in [2.75, 3.05) is 6.54 Å². The molecule has 0 aromatic heterocycles. The van der Waals surface area contributed by atoms with Crippen molar-refractivity contribution in [1.29, 1.82) is 0 Å². The van der Waals surface area contributed by atoms with E-state index in [1.165, 1.54) is 12.8 Å². The first kappa shape index (κ1) is 15.3. The summed E-state index contributed by atoms with van der Waals surface area (Å²) in [4.78, 5) is 26.9. The molecule has 114 valence electrons. The molecular weight excluding hydrogens is 252 g/mol. The van der Waals surface area contributed by atoms with E-state index in [1.807, 2.05) is 18.7 Å². The average Bonchev–Trinajstić information content (AvgIpc) is 3.14. The zero-order chi connectivity index (χ0) is 14.9. The van der Waals surface area contributed by atoms with E-state index in [0.717, 1.165) is 25.3 Å². The minimum atomic E-state index is -0.322. The van der Waals surface area contributed by atoms with Crippen molar-refractivity contribution in [2.45, 2.75) is 65.5 Å². The molecule has 2 rings (SSSR count). The van der Waals surface area contributed by atoms with Crippen LogP contribution in [0.25, 0.3) is 0 Å². The fraction of sp³-hybridized carbons (Fsp3) is 0.875. The van der Waals surface area contributed by atoms with Crippen LogP contribution >= 0.6 is 0 Å². The van der Waals surface area contributed by atoms with Crippen molar-refractivity contribution in [3.63, 3.8) is 0 Å². The predicted molar refractivity (Wildman–Crippen MR) is 79.1 cm³/mol. The first-order chi connectivity index (χ1) is 9.40. The molecule has 1 saturated carbocycles. The Hall–Kier alpha value is -1.06. The minimum Gasteiger partial charge on any atom is -0.342 e. The van der Waals surface area contributed by atoms with Crippen LogP contribution in [0.15, 0.2) is 0 Å². The zero-order valence-corrected chi connectivity index (χ0v) is 13.2. The second-order valence-electron chi connectivity index (χ2n) is 7.14. The molecule has 1 aliphatic heterocycles. The maximum absolute atomic E-state index is 12.7. The Kier molecular flexibility index (Phi) is 4.71. The van der Waals surface area contributed by atoms with Gasteiger partial charge in [0.15, 0.2) is 0 Å². The van der Waals surface area contributed by atoms with Crippen LogP contribution in [0.5, 0.6) is 0 Å². The molecule has 4 heteroatoms. The van der Waals surface area contributed by atoms with Gasteiger partial charge in [0.25, 0.3) is 0 Å². The summed E-state index contributed by atoms with van der Waals surface area (Å²) >= 11 is 0. The molecule has 4 nitrogen and oxygen atoms in total. The summed E-state index contributed by atoms with van der Waals surface area (Å²) in [7, 11) is 0. The van der Waals surface area contributed by atoms with Crippen LogP contribution in [0.1, 0.15) is 53.4 Å². The third kappa shape index (κ3) is 3.53. The number of nitrogens with one attached hydrogen (secondary N) is 1. The summed E-state index contributed by atoms with van der Waals surface area (Å²) in [6.07, 6.45) is 4.36. The highest BCUT2D eigenvalue weighted by Gasteiger charge is 2.42. The minimum absolute atomic E-state index is 0.0287. The van der Waals surface area contributed by atoms with Gasteiger partial charge in [-0.1, -0.05) is 40.5 Å². The number of amides is 2. The fourth-order valence-electron chi connectivity index (χ4n) is 3.07. The van der Waals surface area contributed by atoms with Crippen LogP contribution in [0.2, 0.25) is 0 Å². The van der Waals surface area contributed by atoms with Gasteiger partial charge in [-0.15, -0.1) is 0 Å². The Balaban J connectivity index is 2.09. The molecule has 2 atom stereocenters. The smallest absolute Gasteiger partial charge is 0.245 e. The van der Waals surface area contributed by atoms with Crippen molar-refractivity contribution in [3.05, 3.63) is 0 Å². The summed E-state index contributed by atoms with van der Waals surface area (Å²) in [5.74, 6) is 1.51. The maximum atomic E-state index is 12.7. The molecule has 2 fully saturated rings. The van der Waals surface area contributed by atoms with Crippen molar-refractivity contribution >= 4 is 11.8 Å². The Morgan fingerprint density at radius 1 is 1.20 bits per heavy atom. The molecule has 1 heterocycles. The lowest BCUT2D eigenvalue weighted by Gasteiger charge is -2.41. The standard InChI is InChI=1S/C16H28N2O2/c1-10(2)9-13-16(20)18(8-7-12-5-6-12)14(11(3)4)15(19)17-13/h10-14H,5-9H2,1-4H3,(H,17,19). The topological polar surface area (TPSA) is 49.4 Å². The lowest BCUT2D eigenvalue weighted by molar-refractivity contribution is -0.151. The van der Waals surface area contributed by atoms with E-state index < -0.39 is 0 Å². The van der Waals surface area contributed by atoms with Crippen molar-refractivity contribution in [2.24, 2.45) is 17.8 Å². The average molecular weight is 280 g/mol. The van der Waals surface area contributed by atoms with E-state index in [2.05, 4.69) is 19.2 Å². The molecule has 2 amide bonds. The van der Waals surface area contributed by atoms with Crippen LogP contribution < -0.4 is 5.32 Å². The number of carbonyl (C=O) groups excluding carboxylic acids is 2. The lowest BCUT2D eigenvalue weighted by Crippen LogP contribution is -2.65. The van der Waals surface area contributed by atoms with E-state index in [-0.39, 0.29) is 29.8 Å². The van der Waals surface area contributed by atoms with Crippen molar-refractivity contribution in [3.8, 4) is 0 Å². The van der Waals surface area contributed by atoms with Gasteiger partial charge < -0.3 is 10.2 Å². The molecule has 1 saturated heterocycles. The summed E-state index contributed by atoms with van der Waals surface area (Å²) < 4.78 is 0. The van der Waals surface area contributed by atoms with E-state index in [4.69, 9.17) is 0 Å². The summed E-state index contributed by atoms with van der Waals surface area (Å²) in [6, 6.07) is -0.610. The first-order valence-corrected chi connectivity index (χ1v) is 8.01. The third-order valence-corrected chi connectivity index (χ3v) is 4.32. The molecule has 0 aromatic rings. The Morgan fingerprint density at radius 3 is 2.35 bits per heavy atom. The number of carbonyl (C=O) groups is 2. The predicted octanol–water partition coefficient (Wildman–Crippen LogP) is 2.18. The molecular formula is C16H28N2O2. The molecule has 0 spiro atoms. The van der Waals surface area contributed by atoms with Crippen LogP contribution in [0.4, 0.5) is 0 Å². The van der Waals surface area contributed by atoms with Crippen LogP contribution in [-0.4, -0.2) is 35.3 Å². The summed E-state index contributed by atoms with van der Waals surface area (Å²) in [5, 5.41) is 2.93. The van der Waals surface area contributed by atoms with Gasteiger partial charge in [-0.3, -0.25) is 9.59 Å². The van der Waals surface area contributed by atoms with Gasteiger partial charge in [-0.05, 0) is 30.6 Å². The largest absolute Gasteiger partial charge is 0.342 e. The van der Waals surface area contributed by atoms with Crippen molar-refractivity contribution < 1.29 is 9.59 Å². The van der Waals surface area contributed by atoms with Gasteiger partial charge in [-0.2, -0.15) is 0 Å². The molecule has 20 heavy (non-hydrogen) atoms. The molecule has 0 bridgehead atoms. The fourth-order valence-corrected chi connectivity index (χ4v) is 3.07. The first-order valence-electron chi connectivity index (χ1n) is 8.01. The van der Waals surface area contributed by atoms with E-state index >= 15 is 0 Å². The summed E-state index contributed by atoms with van der Waals surface area (Å²) in [5.41, 5.74) is 0. The number of nitrogens with zero attached hydrogens (tertiary/aromatic N) is 1. The number of piperazine rings is 1. The Morgan fingerprint density at radius 2 is 1.85 bits per heavy atom. The third-order valence-electron chi connectivity index (χ3n) is 4.32. The van der Waals surface area contributed by atoms with Gasteiger partial charge in [0, 0.05) is 6.54 Å². The quantitative estimate of drug-likeness (QED) is 0.811. The normalized spacial score (nSPS) is 27.4. The van der Waals surface area contributed by atoms with E-state index in [9.17, 15) is 9.59 Å². The van der Waals surface area contributed by atoms with Crippen LogP contribution in [0.3, 0.4) is 0 Å². The lowest BCUT2D eigenvalue weighted by atomic mass is 9.93. The van der Waals surface area contributed by atoms with Gasteiger partial charge in [0.2, 0.25) is 11.8 Å². The van der Waals surface area contributed by atoms with E-state index in [0.29, 0.717) is 5.92 Å². The second kappa shape index (κ2) is 6.15. The number of hydrogen-bond donors (Lipinski definition) is 1. The highest BCUT2D eigenvalue weighted by molar-refractivity contribution is 5.97. The monoisotopic (exact) mass is 280 g/mol. The number of hydrogen-bond acceptors (Lipinski definition) is 2. The van der Waals surface area contributed by atoms with Crippen molar-refractivity contribution in [1.82, 2.24) is 10.2 Å². The SMILES string of the molecule is CC(C)CC1NC(=O)C(C(C)C)N(CCC2CC2)C1=O. The Bertz CT molecular complexity index is 375. The molecule has 2 unspecified atom stereocenters. The Labute approximate surface area is 122 Å². The highest BCUT2D eigenvalue weighted by atomic mass is 16.2. The molecule has 1 N–H and O–H groups in total. The zero-order valence-electron chi connectivity index (χ0n) is 13.2. The molecule has 0 aromatic carbocycles. The highest BCUT2D eigenvalue weighted by Crippen LogP contribution is 2.33. The van der Waals surface area contributed by atoms with Crippen LogP contribution in [0, 0.1) is 17.8 Å². The van der Waals surface area contributed by atoms with Crippen LogP contribution in [-0.2, 0) is 9.59 Å². The maximum Gasteiger partial charge on any atom is 0.245 e. The molecule has 0 radical (unpaired) electrons. The van der Waals surface area contributed by atoms with E-state index in [1.54, 1.807) is 0 Å². The molecule has 1 aliphatic carbocycles.